The number of amides is 1. The van der Waals surface area contributed by atoms with Crippen LogP contribution >= 0.6 is 11.3 Å². The number of carbonyl (C=O) groups excluding carboxylic acids is 1. The summed E-state index contributed by atoms with van der Waals surface area (Å²) < 4.78 is 4.85. The zero-order valence-corrected chi connectivity index (χ0v) is 10.4. The normalized spacial score (nSPS) is 14.4. The summed E-state index contributed by atoms with van der Waals surface area (Å²) in [6.45, 7) is 2.28. The molecule has 1 aromatic heterocycles. The first-order valence-electron chi connectivity index (χ1n) is 5.27. The number of nitrogens with one attached hydrogen (secondary N) is 1. The summed E-state index contributed by atoms with van der Waals surface area (Å²) in [5.74, 6) is -0.165. The minimum Gasteiger partial charge on any atom is -0.383 e. The van der Waals surface area contributed by atoms with Gasteiger partial charge in [0, 0.05) is 12.0 Å². The minimum atomic E-state index is -0.598. The average molecular weight is 242 g/mol. The van der Waals surface area contributed by atoms with Crippen molar-refractivity contribution in [1.82, 2.24) is 5.32 Å². The molecule has 0 spiro atoms. The summed E-state index contributed by atoms with van der Waals surface area (Å²) in [6, 6.07) is 3.44. The summed E-state index contributed by atoms with van der Waals surface area (Å²) in [4.78, 5) is 12.8. The van der Waals surface area contributed by atoms with E-state index in [0.29, 0.717) is 0 Å². The van der Waals surface area contributed by atoms with Gasteiger partial charge >= 0.3 is 0 Å². The van der Waals surface area contributed by atoms with Gasteiger partial charge in [0.2, 0.25) is 5.91 Å². The maximum Gasteiger partial charge on any atom is 0.239 e. The van der Waals surface area contributed by atoms with Crippen LogP contribution in [0.3, 0.4) is 0 Å². The molecule has 5 heteroatoms. The molecule has 16 heavy (non-hydrogen) atoms. The van der Waals surface area contributed by atoms with Crippen LogP contribution in [0.25, 0.3) is 0 Å². The Labute approximate surface area is 99.8 Å². The summed E-state index contributed by atoms with van der Waals surface area (Å²) in [5, 5.41) is 4.92. The Morgan fingerprint density at radius 3 is 2.94 bits per heavy atom. The number of carbonyl (C=O) groups is 1. The second-order valence-electron chi connectivity index (χ2n) is 3.55. The Balaban J connectivity index is 2.54. The highest BCUT2D eigenvalue weighted by Gasteiger charge is 2.18. The Morgan fingerprint density at radius 1 is 1.69 bits per heavy atom. The van der Waals surface area contributed by atoms with Gasteiger partial charge in [-0.05, 0) is 17.9 Å². The van der Waals surface area contributed by atoms with Gasteiger partial charge in [0.25, 0.3) is 0 Å². The van der Waals surface area contributed by atoms with Gasteiger partial charge < -0.3 is 15.8 Å². The van der Waals surface area contributed by atoms with E-state index < -0.39 is 6.04 Å². The summed E-state index contributed by atoms with van der Waals surface area (Å²) in [5.41, 5.74) is 5.65. The fraction of sp³-hybridized carbons (Fsp3) is 0.545. The lowest BCUT2D eigenvalue weighted by atomic mass is 10.1. The fourth-order valence-electron chi connectivity index (χ4n) is 1.40. The van der Waals surface area contributed by atoms with E-state index in [9.17, 15) is 4.79 Å². The largest absolute Gasteiger partial charge is 0.383 e. The molecule has 1 rings (SSSR count). The lowest BCUT2D eigenvalue weighted by Crippen LogP contribution is -2.44. The van der Waals surface area contributed by atoms with Crippen molar-refractivity contribution in [2.45, 2.75) is 25.4 Å². The van der Waals surface area contributed by atoms with E-state index in [1.807, 2.05) is 24.4 Å². The number of hydrogen-bond donors (Lipinski definition) is 2. The Kier molecular flexibility index (Phi) is 5.45. The van der Waals surface area contributed by atoms with Gasteiger partial charge in [-0.3, -0.25) is 4.79 Å². The topological polar surface area (TPSA) is 64.4 Å². The molecule has 2 unspecified atom stereocenters. The predicted molar refractivity (Wildman–Crippen MR) is 65.3 cm³/mol. The molecular formula is C11H18N2O2S. The average Bonchev–Trinajstić information content (AvgIpc) is 2.79. The van der Waals surface area contributed by atoms with Crippen LogP contribution in [-0.4, -0.2) is 25.7 Å². The molecule has 1 aromatic rings. The second kappa shape index (κ2) is 6.62. The molecule has 0 aliphatic carbocycles. The molecule has 90 valence electrons. The first-order valence-corrected chi connectivity index (χ1v) is 6.15. The van der Waals surface area contributed by atoms with E-state index >= 15 is 0 Å². The Bertz CT molecular complexity index is 314. The quantitative estimate of drug-likeness (QED) is 0.790. The third-order valence-corrected chi connectivity index (χ3v) is 3.28. The van der Waals surface area contributed by atoms with Crippen LogP contribution in [0, 0.1) is 0 Å². The zero-order valence-electron chi connectivity index (χ0n) is 9.60. The van der Waals surface area contributed by atoms with Crippen molar-refractivity contribution in [3.8, 4) is 0 Å². The third kappa shape index (κ3) is 3.59. The van der Waals surface area contributed by atoms with Gasteiger partial charge in [-0.1, -0.05) is 13.0 Å². The van der Waals surface area contributed by atoms with Gasteiger partial charge in [0.1, 0.15) is 6.04 Å². The lowest BCUT2D eigenvalue weighted by Gasteiger charge is -2.18. The molecule has 2 atom stereocenters. The monoisotopic (exact) mass is 242 g/mol. The maximum atomic E-state index is 11.7. The van der Waals surface area contributed by atoms with Gasteiger partial charge in [-0.2, -0.15) is 0 Å². The van der Waals surface area contributed by atoms with Crippen LogP contribution < -0.4 is 11.1 Å². The Hall–Kier alpha value is -0.910. The van der Waals surface area contributed by atoms with Gasteiger partial charge in [0.15, 0.2) is 0 Å². The van der Waals surface area contributed by atoms with Gasteiger partial charge in [-0.25, -0.2) is 0 Å². The third-order valence-electron chi connectivity index (χ3n) is 2.29. The van der Waals surface area contributed by atoms with E-state index in [0.717, 1.165) is 11.3 Å². The molecule has 0 aromatic carbocycles. The zero-order chi connectivity index (χ0) is 12.0. The van der Waals surface area contributed by atoms with Crippen molar-refractivity contribution >= 4 is 17.2 Å². The van der Waals surface area contributed by atoms with Crippen LogP contribution in [0.15, 0.2) is 17.5 Å². The number of hydrogen-bond acceptors (Lipinski definition) is 4. The number of thiophene rings is 1. The lowest BCUT2D eigenvalue weighted by molar-refractivity contribution is -0.124. The highest BCUT2D eigenvalue weighted by molar-refractivity contribution is 7.10. The van der Waals surface area contributed by atoms with Crippen molar-refractivity contribution in [1.29, 1.82) is 0 Å². The molecule has 0 bridgehead atoms. The standard InChI is InChI=1S/C11H18N2O2S/c1-3-9(10-5-4-6-16-10)13-11(14)8(12)7-15-2/h4-6,8-9H,3,7,12H2,1-2H3,(H,13,14). The fourth-order valence-corrected chi connectivity index (χ4v) is 2.26. The van der Waals surface area contributed by atoms with Gasteiger partial charge in [0.05, 0.1) is 12.6 Å². The number of methoxy groups -OCH3 is 1. The first-order chi connectivity index (χ1) is 7.69. The van der Waals surface area contributed by atoms with Crippen molar-refractivity contribution in [2.75, 3.05) is 13.7 Å². The predicted octanol–water partition coefficient (Wildman–Crippen LogP) is 1.29. The summed E-state index contributed by atoms with van der Waals surface area (Å²) in [7, 11) is 1.53. The van der Waals surface area contributed by atoms with Crippen LogP contribution in [0.2, 0.25) is 0 Å². The van der Waals surface area contributed by atoms with Crippen molar-refractivity contribution in [2.24, 2.45) is 5.73 Å². The van der Waals surface area contributed by atoms with Crippen LogP contribution in [0.4, 0.5) is 0 Å². The molecule has 0 fully saturated rings. The number of nitrogens with two attached hydrogens (primary N) is 1. The van der Waals surface area contributed by atoms with Crippen LogP contribution in [-0.2, 0) is 9.53 Å². The molecule has 4 nitrogen and oxygen atoms in total. The minimum absolute atomic E-state index is 0.0513. The molecule has 0 saturated carbocycles. The van der Waals surface area contributed by atoms with E-state index in [1.165, 1.54) is 7.11 Å². The van der Waals surface area contributed by atoms with Crippen molar-refractivity contribution < 1.29 is 9.53 Å². The molecule has 3 N–H and O–H groups in total. The molecular weight excluding hydrogens is 224 g/mol. The number of ether oxygens (including phenoxy) is 1. The van der Waals surface area contributed by atoms with Crippen molar-refractivity contribution in [3.05, 3.63) is 22.4 Å². The van der Waals surface area contributed by atoms with Crippen LogP contribution in [0.5, 0.6) is 0 Å². The highest BCUT2D eigenvalue weighted by atomic mass is 32.1. The van der Waals surface area contributed by atoms with E-state index in [4.69, 9.17) is 10.5 Å². The van der Waals surface area contributed by atoms with E-state index in [-0.39, 0.29) is 18.6 Å². The van der Waals surface area contributed by atoms with E-state index in [1.54, 1.807) is 11.3 Å². The molecule has 0 aliphatic heterocycles. The molecule has 0 radical (unpaired) electrons. The summed E-state index contributed by atoms with van der Waals surface area (Å²) in [6.07, 6.45) is 0.853. The van der Waals surface area contributed by atoms with E-state index in [2.05, 4.69) is 5.32 Å². The summed E-state index contributed by atoms with van der Waals surface area (Å²) >= 11 is 1.64. The number of rotatable bonds is 6. The second-order valence-corrected chi connectivity index (χ2v) is 4.53. The van der Waals surface area contributed by atoms with Crippen molar-refractivity contribution in [3.63, 3.8) is 0 Å². The SMILES string of the molecule is CCC(NC(=O)C(N)COC)c1cccs1. The molecule has 1 amide bonds. The van der Waals surface area contributed by atoms with Crippen LogP contribution in [0.1, 0.15) is 24.3 Å². The smallest absolute Gasteiger partial charge is 0.239 e. The Morgan fingerprint density at radius 2 is 2.44 bits per heavy atom. The molecule has 0 aliphatic rings. The van der Waals surface area contributed by atoms with Gasteiger partial charge in [-0.15, -0.1) is 11.3 Å². The maximum absolute atomic E-state index is 11.7. The molecule has 0 saturated heterocycles. The highest BCUT2D eigenvalue weighted by Crippen LogP contribution is 2.21. The first kappa shape index (κ1) is 13.2. The molecule has 1 heterocycles.